The normalized spacial score (nSPS) is 11.0. The summed E-state index contributed by atoms with van der Waals surface area (Å²) in [5, 5.41) is 1.40. The van der Waals surface area contributed by atoms with Crippen molar-refractivity contribution in [3.8, 4) is 0 Å². The van der Waals surface area contributed by atoms with E-state index in [1.54, 1.807) is 24.4 Å². The first-order chi connectivity index (χ1) is 9.97. The maximum atomic E-state index is 13.4. The van der Waals surface area contributed by atoms with Gasteiger partial charge in [0.25, 0.3) is 0 Å². The smallest absolute Gasteiger partial charge is 0.196 e. The fourth-order valence-corrected chi connectivity index (χ4v) is 2.95. The predicted octanol–water partition coefficient (Wildman–Crippen LogP) is 4.96. The van der Waals surface area contributed by atoms with E-state index in [0.29, 0.717) is 20.6 Å². The van der Waals surface area contributed by atoms with Crippen LogP contribution >= 0.6 is 27.5 Å². The first kappa shape index (κ1) is 14.3. The van der Waals surface area contributed by atoms with E-state index in [2.05, 4.69) is 15.9 Å². The van der Waals surface area contributed by atoms with Crippen LogP contribution in [0.1, 0.15) is 15.9 Å². The molecule has 2 nitrogen and oxygen atoms in total. The van der Waals surface area contributed by atoms with E-state index in [1.807, 2.05) is 11.6 Å². The van der Waals surface area contributed by atoms with Crippen LogP contribution in [0.2, 0.25) is 5.02 Å². The summed E-state index contributed by atoms with van der Waals surface area (Å²) in [5.74, 6) is -0.667. The Labute approximate surface area is 134 Å². The van der Waals surface area contributed by atoms with Crippen LogP contribution in [0, 0.1) is 5.82 Å². The van der Waals surface area contributed by atoms with Crippen molar-refractivity contribution in [2.24, 2.45) is 7.05 Å². The number of carbonyl (C=O) groups is 1. The Morgan fingerprint density at radius 1 is 1.19 bits per heavy atom. The number of aromatic nitrogens is 1. The highest BCUT2D eigenvalue weighted by atomic mass is 79.9. The molecule has 0 N–H and O–H groups in total. The van der Waals surface area contributed by atoms with Crippen molar-refractivity contribution in [2.75, 3.05) is 0 Å². The van der Waals surface area contributed by atoms with Gasteiger partial charge in [-0.15, -0.1) is 0 Å². The molecule has 106 valence electrons. The molecule has 0 aliphatic rings. The van der Waals surface area contributed by atoms with Gasteiger partial charge in [0, 0.05) is 44.8 Å². The highest BCUT2D eigenvalue weighted by molar-refractivity contribution is 9.10. The van der Waals surface area contributed by atoms with Crippen molar-refractivity contribution in [3.63, 3.8) is 0 Å². The fourth-order valence-electron chi connectivity index (χ4n) is 2.35. The zero-order valence-corrected chi connectivity index (χ0v) is 13.4. The minimum absolute atomic E-state index is 0.228. The van der Waals surface area contributed by atoms with Crippen molar-refractivity contribution in [2.45, 2.75) is 0 Å². The topological polar surface area (TPSA) is 22.0 Å². The van der Waals surface area contributed by atoms with Gasteiger partial charge in [0.1, 0.15) is 5.82 Å². The second kappa shape index (κ2) is 5.28. The summed E-state index contributed by atoms with van der Waals surface area (Å²) < 4.78 is 15.8. The number of fused-ring (bicyclic) bond motifs is 1. The quantitative estimate of drug-likeness (QED) is 0.587. The van der Waals surface area contributed by atoms with Crippen molar-refractivity contribution >= 4 is 44.2 Å². The van der Waals surface area contributed by atoms with Gasteiger partial charge in [0.05, 0.1) is 0 Å². The molecule has 0 saturated carbocycles. The Kier molecular flexibility index (Phi) is 3.59. The Balaban J connectivity index is 2.21. The molecule has 0 aliphatic carbocycles. The number of benzene rings is 2. The fraction of sp³-hybridized carbons (Fsp3) is 0.0625. The van der Waals surface area contributed by atoms with E-state index >= 15 is 0 Å². The molecule has 1 aromatic heterocycles. The third-order valence-electron chi connectivity index (χ3n) is 3.37. The summed E-state index contributed by atoms with van der Waals surface area (Å²) in [6.07, 6.45) is 1.74. The summed E-state index contributed by atoms with van der Waals surface area (Å²) in [6, 6.07) is 9.42. The molecule has 0 unspecified atom stereocenters. The zero-order valence-electron chi connectivity index (χ0n) is 11.0. The first-order valence-electron chi connectivity index (χ1n) is 6.21. The lowest BCUT2D eigenvalue weighted by molar-refractivity contribution is 0.103. The largest absolute Gasteiger partial charge is 0.350 e. The van der Waals surface area contributed by atoms with Crippen molar-refractivity contribution < 1.29 is 9.18 Å². The van der Waals surface area contributed by atoms with Gasteiger partial charge >= 0.3 is 0 Å². The number of aryl methyl sites for hydroxylation is 1. The molecule has 0 spiro atoms. The van der Waals surface area contributed by atoms with E-state index in [9.17, 15) is 9.18 Å². The van der Waals surface area contributed by atoms with Gasteiger partial charge in [0.2, 0.25) is 0 Å². The monoisotopic (exact) mass is 365 g/mol. The number of carbonyl (C=O) groups excluding carboxylic acids is 1. The highest BCUT2D eigenvalue weighted by Crippen LogP contribution is 2.28. The molecule has 0 amide bonds. The summed E-state index contributed by atoms with van der Waals surface area (Å²) in [5.41, 5.74) is 1.69. The SMILES string of the molecule is Cn1cc(C(=O)c2cc(F)ccc2Br)c2ccc(Cl)cc21. The first-order valence-corrected chi connectivity index (χ1v) is 7.39. The number of halogens is 3. The van der Waals surface area contributed by atoms with Crippen LogP contribution in [0.5, 0.6) is 0 Å². The lowest BCUT2D eigenvalue weighted by atomic mass is 10.0. The molecule has 21 heavy (non-hydrogen) atoms. The van der Waals surface area contributed by atoms with Crippen LogP contribution in [0.25, 0.3) is 10.9 Å². The van der Waals surface area contributed by atoms with Crippen molar-refractivity contribution in [3.05, 3.63) is 69.0 Å². The number of hydrogen-bond donors (Lipinski definition) is 0. The lowest BCUT2D eigenvalue weighted by Gasteiger charge is -2.03. The average molecular weight is 367 g/mol. The lowest BCUT2D eigenvalue weighted by Crippen LogP contribution is -2.02. The Morgan fingerprint density at radius 2 is 1.95 bits per heavy atom. The van der Waals surface area contributed by atoms with Gasteiger partial charge in [-0.3, -0.25) is 4.79 Å². The van der Waals surface area contributed by atoms with Crippen LogP contribution in [-0.2, 0) is 7.05 Å². The zero-order chi connectivity index (χ0) is 15.1. The molecule has 1 heterocycles. The summed E-state index contributed by atoms with van der Waals surface area (Å²) in [7, 11) is 1.84. The van der Waals surface area contributed by atoms with Gasteiger partial charge in [-0.05, 0) is 30.3 Å². The Morgan fingerprint density at radius 3 is 2.71 bits per heavy atom. The molecule has 0 aliphatic heterocycles. The number of rotatable bonds is 2. The minimum Gasteiger partial charge on any atom is -0.350 e. The third kappa shape index (κ3) is 2.49. The molecule has 0 radical (unpaired) electrons. The van der Waals surface area contributed by atoms with Gasteiger partial charge in [-0.25, -0.2) is 4.39 Å². The van der Waals surface area contributed by atoms with Crippen LogP contribution in [0.3, 0.4) is 0 Å². The average Bonchev–Trinajstić information content (AvgIpc) is 2.78. The Bertz CT molecular complexity index is 872. The molecule has 0 fully saturated rings. The summed E-state index contributed by atoms with van der Waals surface area (Å²) in [6.45, 7) is 0. The molecule has 0 saturated heterocycles. The van der Waals surface area contributed by atoms with Crippen molar-refractivity contribution in [1.29, 1.82) is 0 Å². The standard InChI is InChI=1S/C16H10BrClFNO/c1-20-8-13(11-4-2-9(18)6-15(11)20)16(21)12-7-10(19)3-5-14(12)17/h2-8H,1H3. The molecule has 2 aromatic carbocycles. The van der Waals surface area contributed by atoms with Gasteiger partial charge in [0.15, 0.2) is 5.78 Å². The second-order valence-corrected chi connectivity index (χ2v) is 6.06. The number of ketones is 1. The molecule has 0 bridgehead atoms. The Hall–Kier alpha value is -1.65. The van der Waals surface area contributed by atoms with E-state index < -0.39 is 5.82 Å². The molecule has 3 aromatic rings. The van der Waals surface area contributed by atoms with E-state index in [0.717, 1.165) is 10.9 Å². The molecular weight excluding hydrogens is 357 g/mol. The molecular formula is C16H10BrClFNO. The minimum atomic E-state index is -0.440. The van der Waals surface area contributed by atoms with Crippen LogP contribution in [-0.4, -0.2) is 10.4 Å². The van der Waals surface area contributed by atoms with Crippen LogP contribution in [0.15, 0.2) is 47.1 Å². The molecule has 5 heteroatoms. The van der Waals surface area contributed by atoms with Crippen LogP contribution in [0.4, 0.5) is 4.39 Å². The van der Waals surface area contributed by atoms with Gasteiger partial charge < -0.3 is 4.57 Å². The third-order valence-corrected chi connectivity index (χ3v) is 4.30. The maximum Gasteiger partial charge on any atom is 0.196 e. The van der Waals surface area contributed by atoms with E-state index in [4.69, 9.17) is 11.6 Å². The van der Waals surface area contributed by atoms with Gasteiger partial charge in [-0.1, -0.05) is 33.6 Å². The molecule has 3 rings (SSSR count). The van der Waals surface area contributed by atoms with E-state index in [-0.39, 0.29) is 5.78 Å². The van der Waals surface area contributed by atoms with Crippen molar-refractivity contribution in [1.82, 2.24) is 4.57 Å². The maximum absolute atomic E-state index is 13.4. The highest BCUT2D eigenvalue weighted by Gasteiger charge is 2.18. The summed E-state index contributed by atoms with van der Waals surface area (Å²) in [4.78, 5) is 12.7. The molecule has 0 atom stereocenters. The van der Waals surface area contributed by atoms with Gasteiger partial charge in [-0.2, -0.15) is 0 Å². The van der Waals surface area contributed by atoms with E-state index in [1.165, 1.54) is 18.2 Å². The summed E-state index contributed by atoms with van der Waals surface area (Å²) >= 11 is 9.28. The number of nitrogens with zero attached hydrogens (tertiary/aromatic N) is 1. The number of hydrogen-bond acceptors (Lipinski definition) is 1. The second-order valence-electron chi connectivity index (χ2n) is 4.77. The van der Waals surface area contributed by atoms with Crippen LogP contribution < -0.4 is 0 Å². The predicted molar refractivity (Wildman–Crippen MR) is 85.5 cm³/mol.